The van der Waals surface area contributed by atoms with Crippen LogP contribution in [0.25, 0.3) is 21.8 Å². The molecule has 2 bridgehead atoms. The van der Waals surface area contributed by atoms with Crippen LogP contribution in [0.3, 0.4) is 0 Å². The summed E-state index contributed by atoms with van der Waals surface area (Å²) in [6.07, 6.45) is 15.3. The number of halogens is 2. The SMILES string of the molecule is CC1=C[C@H]2Cc3nc4cc(Cl)ccc4c(NCCCCCCNc4c5c(nc6cc(Cl)ccc46)CCCC5)c3[C@@H](C1)C2. The van der Waals surface area contributed by atoms with Crippen molar-refractivity contribution in [2.45, 2.75) is 83.5 Å². The molecule has 0 saturated carbocycles. The molecule has 0 spiro atoms. The summed E-state index contributed by atoms with van der Waals surface area (Å²) < 4.78 is 0. The Bertz CT molecular complexity index is 1680. The normalized spacial score (nSPS) is 19.4. The summed E-state index contributed by atoms with van der Waals surface area (Å²) in [7, 11) is 0. The number of rotatable bonds is 9. The Morgan fingerprint density at radius 1 is 0.762 bits per heavy atom. The Balaban J connectivity index is 0.979. The molecular formula is C36H40Cl2N4. The van der Waals surface area contributed by atoms with Gasteiger partial charge in [-0.25, -0.2) is 0 Å². The number of unbranched alkanes of at least 4 members (excludes halogenated alkanes) is 3. The van der Waals surface area contributed by atoms with Crippen LogP contribution in [0.4, 0.5) is 11.4 Å². The highest BCUT2D eigenvalue weighted by atomic mass is 35.5. The van der Waals surface area contributed by atoms with E-state index in [0.29, 0.717) is 11.8 Å². The van der Waals surface area contributed by atoms with E-state index in [0.717, 1.165) is 72.7 Å². The maximum atomic E-state index is 6.38. The number of allylic oxidation sites excluding steroid dienone is 2. The van der Waals surface area contributed by atoms with Gasteiger partial charge in [0, 0.05) is 62.2 Å². The molecule has 2 heterocycles. The zero-order chi connectivity index (χ0) is 28.6. The van der Waals surface area contributed by atoms with E-state index < -0.39 is 0 Å². The van der Waals surface area contributed by atoms with E-state index in [1.165, 1.54) is 82.3 Å². The first-order valence-electron chi connectivity index (χ1n) is 15.9. The first-order valence-corrected chi connectivity index (χ1v) is 16.7. The van der Waals surface area contributed by atoms with Gasteiger partial charge in [0.1, 0.15) is 0 Å². The summed E-state index contributed by atoms with van der Waals surface area (Å²) in [5.74, 6) is 1.19. The summed E-state index contributed by atoms with van der Waals surface area (Å²) in [4.78, 5) is 10.1. The minimum absolute atomic E-state index is 0.566. The summed E-state index contributed by atoms with van der Waals surface area (Å²) in [6, 6.07) is 12.3. The van der Waals surface area contributed by atoms with Gasteiger partial charge in [-0.15, -0.1) is 0 Å². The number of nitrogens with zero attached hydrogens (tertiary/aromatic N) is 2. The molecule has 2 atom stereocenters. The average Bonchev–Trinajstić information content (AvgIpc) is 2.96. The minimum atomic E-state index is 0.566. The van der Waals surface area contributed by atoms with Crippen LogP contribution in [0.5, 0.6) is 0 Å². The number of hydrogen-bond donors (Lipinski definition) is 2. The summed E-state index contributed by atoms with van der Waals surface area (Å²) in [5, 5.41) is 11.6. The molecule has 42 heavy (non-hydrogen) atoms. The van der Waals surface area contributed by atoms with E-state index in [4.69, 9.17) is 33.2 Å². The topological polar surface area (TPSA) is 49.8 Å². The van der Waals surface area contributed by atoms with Crippen molar-refractivity contribution in [3.05, 3.63) is 80.6 Å². The molecule has 7 rings (SSSR count). The summed E-state index contributed by atoms with van der Waals surface area (Å²) in [5.41, 5.74) is 11.6. The lowest BCUT2D eigenvalue weighted by molar-refractivity contribution is 0.433. The van der Waals surface area contributed by atoms with Crippen LogP contribution >= 0.6 is 23.2 Å². The fraction of sp³-hybridized carbons (Fsp3) is 0.444. The number of fused-ring (bicyclic) bond motifs is 7. The summed E-state index contributed by atoms with van der Waals surface area (Å²) in [6.45, 7) is 4.26. The van der Waals surface area contributed by atoms with Crippen molar-refractivity contribution in [1.82, 2.24) is 9.97 Å². The van der Waals surface area contributed by atoms with Crippen LogP contribution < -0.4 is 10.6 Å². The lowest BCUT2D eigenvalue weighted by Gasteiger charge is -2.36. The fourth-order valence-corrected chi connectivity index (χ4v) is 8.04. The van der Waals surface area contributed by atoms with Crippen molar-refractivity contribution < 1.29 is 0 Å². The molecule has 0 unspecified atom stereocenters. The molecule has 0 aliphatic heterocycles. The lowest BCUT2D eigenvalue weighted by Crippen LogP contribution is -2.24. The maximum Gasteiger partial charge on any atom is 0.0741 e. The van der Waals surface area contributed by atoms with Crippen LogP contribution in [0.15, 0.2) is 48.0 Å². The molecule has 4 aromatic rings. The number of aromatic nitrogens is 2. The van der Waals surface area contributed by atoms with Gasteiger partial charge in [-0.1, -0.05) is 47.7 Å². The molecule has 4 nitrogen and oxygen atoms in total. The Hall–Kier alpha value is -2.82. The van der Waals surface area contributed by atoms with Crippen LogP contribution in [0.1, 0.15) is 86.7 Å². The number of pyridine rings is 2. The third-order valence-electron chi connectivity index (χ3n) is 9.54. The second kappa shape index (κ2) is 12.1. The summed E-state index contributed by atoms with van der Waals surface area (Å²) >= 11 is 12.7. The van der Waals surface area contributed by atoms with Crippen molar-refractivity contribution in [3.8, 4) is 0 Å². The molecular weight excluding hydrogens is 559 g/mol. The zero-order valence-corrected chi connectivity index (χ0v) is 26.1. The first kappa shape index (κ1) is 28.0. The third kappa shape index (κ3) is 5.61. The standard InChI is InChI=1S/C36H40Cl2N4/c1-22-16-23-18-24(17-22)34-33(19-23)42-32-21-26(38)11-13-29(32)36(34)40-15-7-3-2-6-14-39-35-27-8-4-5-9-30(27)41-31-20-25(37)10-12-28(31)35/h10-13,16,20-21,23-24H,2-9,14-15,17-19H2,1H3,(H,39,41)(H,40,42)/t23-,24+/m1/s1. The lowest BCUT2D eigenvalue weighted by atomic mass is 9.71. The average molecular weight is 600 g/mol. The van der Waals surface area contributed by atoms with Gasteiger partial charge in [0.25, 0.3) is 0 Å². The number of aryl methyl sites for hydroxylation is 1. The van der Waals surface area contributed by atoms with E-state index in [1.54, 1.807) is 0 Å². The van der Waals surface area contributed by atoms with E-state index in [1.807, 2.05) is 24.3 Å². The smallest absolute Gasteiger partial charge is 0.0741 e. The van der Waals surface area contributed by atoms with E-state index in [2.05, 4.69) is 35.8 Å². The first-order chi connectivity index (χ1) is 20.5. The van der Waals surface area contributed by atoms with Crippen LogP contribution in [0.2, 0.25) is 10.0 Å². The quantitative estimate of drug-likeness (QED) is 0.149. The highest BCUT2D eigenvalue weighted by Gasteiger charge is 2.33. The molecule has 2 N–H and O–H groups in total. The van der Waals surface area contributed by atoms with Crippen molar-refractivity contribution >= 4 is 56.4 Å². The van der Waals surface area contributed by atoms with E-state index in [-0.39, 0.29) is 0 Å². The third-order valence-corrected chi connectivity index (χ3v) is 10.0. The van der Waals surface area contributed by atoms with Crippen molar-refractivity contribution in [2.75, 3.05) is 23.7 Å². The van der Waals surface area contributed by atoms with Gasteiger partial charge < -0.3 is 10.6 Å². The predicted molar refractivity (Wildman–Crippen MR) is 179 cm³/mol. The van der Waals surface area contributed by atoms with Crippen LogP contribution in [-0.2, 0) is 19.3 Å². The van der Waals surface area contributed by atoms with Gasteiger partial charge in [-0.2, -0.15) is 0 Å². The second-order valence-electron chi connectivity index (χ2n) is 12.7. The molecule has 3 aliphatic carbocycles. The predicted octanol–water partition coefficient (Wildman–Crippen LogP) is 10.0. The Morgan fingerprint density at radius 2 is 1.40 bits per heavy atom. The number of hydrogen-bond acceptors (Lipinski definition) is 4. The molecule has 2 aromatic carbocycles. The van der Waals surface area contributed by atoms with Gasteiger partial charge in [0.05, 0.1) is 11.0 Å². The molecule has 0 amide bonds. The van der Waals surface area contributed by atoms with Gasteiger partial charge >= 0.3 is 0 Å². The number of nitrogens with one attached hydrogen (secondary N) is 2. The van der Waals surface area contributed by atoms with Crippen molar-refractivity contribution in [1.29, 1.82) is 0 Å². The molecule has 0 radical (unpaired) electrons. The monoisotopic (exact) mass is 598 g/mol. The Labute approximate surface area is 259 Å². The highest BCUT2D eigenvalue weighted by Crippen LogP contribution is 2.47. The zero-order valence-electron chi connectivity index (χ0n) is 24.5. The van der Waals surface area contributed by atoms with Crippen molar-refractivity contribution in [2.24, 2.45) is 5.92 Å². The minimum Gasteiger partial charge on any atom is -0.384 e. The Morgan fingerprint density at radius 3 is 2.14 bits per heavy atom. The molecule has 0 fully saturated rings. The van der Waals surface area contributed by atoms with E-state index in [9.17, 15) is 0 Å². The molecule has 3 aliphatic rings. The maximum absolute atomic E-state index is 6.38. The highest BCUT2D eigenvalue weighted by molar-refractivity contribution is 6.31. The number of benzene rings is 2. The second-order valence-corrected chi connectivity index (χ2v) is 13.5. The van der Waals surface area contributed by atoms with Crippen molar-refractivity contribution in [3.63, 3.8) is 0 Å². The van der Waals surface area contributed by atoms with Gasteiger partial charge in [-0.3, -0.25) is 9.97 Å². The van der Waals surface area contributed by atoms with Gasteiger partial charge in [-0.05, 0) is 119 Å². The van der Waals surface area contributed by atoms with E-state index >= 15 is 0 Å². The molecule has 0 saturated heterocycles. The van der Waals surface area contributed by atoms with Gasteiger partial charge in [0.2, 0.25) is 0 Å². The number of anilines is 2. The molecule has 2 aromatic heterocycles. The van der Waals surface area contributed by atoms with Gasteiger partial charge in [0.15, 0.2) is 0 Å². The fourth-order valence-electron chi connectivity index (χ4n) is 7.71. The molecule has 218 valence electrons. The largest absolute Gasteiger partial charge is 0.384 e. The molecule has 6 heteroatoms. The van der Waals surface area contributed by atoms with Crippen LogP contribution in [-0.4, -0.2) is 23.1 Å². The Kier molecular flexibility index (Phi) is 8.03. The van der Waals surface area contributed by atoms with Crippen LogP contribution in [0, 0.1) is 5.92 Å².